The molecular weight excluding hydrogens is 152 g/mol. The normalized spacial score (nSPS) is 31.0. The summed E-state index contributed by atoms with van der Waals surface area (Å²) in [6, 6.07) is 0. The molecule has 0 amide bonds. The van der Waals surface area contributed by atoms with Gasteiger partial charge in [-0.2, -0.15) is 0 Å². The van der Waals surface area contributed by atoms with Gasteiger partial charge in [-0.25, -0.2) is 9.78 Å². The first-order valence-electron chi connectivity index (χ1n) is 4.93. The summed E-state index contributed by atoms with van der Waals surface area (Å²) < 4.78 is 0. The Morgan fingerprint density at radius 2 is 1.67 bits per heavy atom. The van der Waals surface area contributed by atoms with E-state index >= 15 is 0 Å². The molecule has 0 heterocycles. The minimum Gasteiger partial charge on any atom is -0.240 e. The van der Waals surface area contributed by atoms with Crippen molar-refractivity contribution < 1.29 is 9.78 Å². The molecule has 0 bridgehead atoms. The molecule has 0 radical (unpaired) electrons. The van der Waals surface area contributed by atoms with Crippen LogP contribution in [0.15, 0.2) is 0 Å². The standard InChI is InChI=1S/C10H20O2/c1-8(2)9-4-6-10(7-5-9)12-11-3/h8-10H,4-7H2,1-3H3/t9-,10-. The van der Waals surface area contributed by atoms with Gasteiger partial charge in [-0.15, -0.1) is 0 Å². The summed E-state index contributed by atoms with van der Waals surface area (Å²) in [5, 5.41) is 0. The van der Waals surface area contributed by atoms with E-state index in [4.69, 9.17) is 4.89 Å². The lowest BCUT2D eigenvalue weighted by atomic mass is 9.81. The van der Waals surface area contributed by atoms with Gasteiger partial charge in [0.25, 0.3) is 0 Å². The molecule has 12 heavy (non-hydrogen) atoms. The molecule has 72 valence electrons. The second-order valence-corrected chi connectivity index (χ2v) is 4.04. The summed E-state index contributed by atoms with van der Waals surface area (Å²) in [6.07, 6.45) is 5.27. The Morgan fingerprint density at radius 1 is 1.08 bits per heavy atom. The van der Waals surface area contributed by atoms with Crippen LogP contribution in [0.3, 0.4) is 0 Å². The molecule has 0 aromatic rings. The van der Waals surface area contributed by atoms with Crippen LogP contribution < -0.4 is 0 Å². The highest BCUT2D eigenvalue weighted by Crippen LogP contribution is 2.31. The van der Waals surface area contributed by atoms with E-state index in [-0.39, 0.29) is 0 Å². The lowest BCUT2D eigenvalue weighted by Gasteiger charge is -2.29. The zero-order valence-corrected chi connectivity index (χ0v) is 8.38. The van der Waals surface area contributed by atoms with Crippen LogP contribution in [-0.4, -0.2) is 13.2 Å². The van der Waals surface area contributed by atoms with Crippen LogP contribution in [0.1, 0.15) is 39.5 Å². The van der Waals surface area contributed by atoms with Crippen molar-refractivity contribution in [2.24, 2.45) is 11.8 Å². The van der Waals surface area contributed by atoms with Gasteiger partial charge in [0, 0.05) is 0 Å². The smallest absolute Gasteiger partial charge is 0.0930 e. The molecule has 1 saturated carbocycles. The summed E-state index contributed by atoms with van der Waals surface area (Å²) in [4.78, 5) is 9.79. The predicted octanol–water partition coefficient (Wildman–Crippen LogP) is 2.78. The van der Waals surface area contributed by atoms with Gasteiger partial charge in [-0.1, -0.05) is 13.8 Å². The quantitative estimate of drug-likeness (QED) is 0.481. The Bertz CT molecular complexity index is 115. The summed E-state index contributed by atoms with van der Waals surface area (Å²) >= 11 is 0. The topological polar surface area (TPSA) is 18.5 Å². The predicted molar refractivity (Wildman–Crippen MR) is 48.7 cm³/mol. The van der Waals surface area contributed by atoms with E-state index in [1.54, 1.807) is 7.11 Å². The van der Waals surface area contributed by atoms with Crippen molar-refractivity contribution in [3.05, 3.63) is 0 Å². The van der Waals surface area contributed by atoms with Gasteiger partial charge in [-0.05, 0) is 37.5 Å². The first-order valence-corrected chi connectivity index (χ1v) is 4.93. The van der Waals surface area contributed by atoms with Crippen molar-refractivity contribution in [2.75, 3.05) is 7.11 Å². The zero-order valence-electron chi connectivity index (χ0n) is 8.38. The summed E-state index contributed by atoms with van der Waals surface area (Å²) in [6.45, 7) is 4.62. The summed E-state index contributed by atoms with van der Waals surface area (Å²) in [5.41, 5.74) is 0. The molecule has 2 heteroatoms. The Kier molecular flexibility index (Phi) is 4.02. The van der Waals surface area contributed by atoms with Crippen molar-refractivity contribution in [3.8, 4) is 0 Å². The van der Waals surface area contributed by atoms with Crippen LogP contribution >= 0.6 is 0 Å². The molecule has 1 aliphatic carbocycles. The summed E-state index contributed by atoms with van der Waals surface area (Å²) in [5.74, 6) is 1.73. The van der Waals surface area contributed by atoms with Crippen LogP contribution in [-0.2, 0) is 9.78 Å². The molecule has 0 saturated heterocycles. The van der Waals surface area contributed by atoms with E-state index < -0.39 is 0 Å². The Hall–Kier alpha value is -0.0800. The van der Waals surface area contributed by atoms with Gasteiger partial charge < -0.3 is 0 Å². The fraction of sp³-hybridized carbons (Fsp3) is 1.00. The highest BCUT2D eigenvalue weighted by atomic mass is 17.2. The van der Waals surface area contributed by atoms with Crippen molar-refractivity contribution in [3.63, 3.8) is 0 Å². The second kappa shape index (κ2) is 4.83. The SMILES string of the molecule is COO[C@H]1CC[C@H](C(C)C)CC1. The highest BCUT2D eigenvalue weighted by molar-refractivity contribution is 4.73. The van der Waals surface area contributed by atoms with Gasteiger partial charge in [0.1, 0.15) is 0 Å². The van der Waals surface area contributed by atoms with Crippen molar-refractivity contribution in [1.29, 1.82) is 0 Å². The minimum atomic E-state index is 0.352. The maximum absolute atomic E-state index is 5.11. The monoisotopic (exact) mass is 172 g/mol. The summed E-state index contributed by atoms with van der Waals surface area (Å²) in [7, 11) is 1.59. The molecule has 1 rings (SSSR count). The van der Waals surface area contributed by atoms with Gasteiger partial charge in [0.2, 0.25) is 0 Å². The highest BCUT2D eigenvalue weighted by Gasteiger charge is 2.23. The van der Waals surface area contributed by atoms with Crippen molar-refractivity contribution in [2.45, 2.75) is 45.6 Å². The molecule has 1 aliphatic rings. The van der Waals surface area contributed by atoms with Crippen molar-refractivity contribution in [1.82, 2.24) is 0 Å². The lowest BCUT2D eigenvalue weighted by Crippen LogP contribution is -2.23. The van der Waals surface area contributed by atoms with Gasteiger partial charge in [0.15, 0.2) is 0 Å². The number of hydrogen-bond donors (Lipinski definition) is 0. The fourth-order valence-electron chi connectivity index (χ4n) is 1.99. The zero-order chi connectivity index (χ0) is 8.97. The molecule has 0 unspecified atom stereocenters. The first kappa shape index (κ1) is 10.0. The molecule has 2 nitrogen and oxygen atoms in total. The Labute approximate surface area is 75.2 Å². The molecule has 0 N–H and O–H groups in total. The molecule has 0 aliphatic heterocycles. The van der Waals surface area contributed by atoms with E-state index in [0.717, 1.165) is 24.7 Å². The van der Waals surface area contributed by atoms with E-state index in [1.165, 1.54) is 12.8 Å². The van der Waals surface area contributed by atoms with Crippen LogP contribution in [0.5, 0.6) is 0 Å². The minimum absolute atomic E-state index is 0.352. The molecule has 0 spiro atoms. The third kappa shape index (κ3) is 2.76. The van der Waals surface area contributed by atoms with Gasteiger partial charge in [0.05, 0.1) is 13.2 Å². The van der Waals surface area contributed by atoms with Crippen LogP contribution in [0.4, 0.5) is 0 Å². The third-order valence-electron chi connectivity index (χ3n) is 2.89. The maximum atomic E-state index is 5.11. The van der Waals surface area contributed by atoms with Gasteiger partial charge >= 0.3 is 0 Å². The Morgan fingerprint density at radius 3 is 2.08 bits per heavy atom. The average Bonchev–Trinajstić information content (AvgIpc) is 2.06. The van der Waals surface area contributed by atoms with Crippen molar-refractivity contribution >= 4 is 0 Å². The second-order valence-electron chi connectivity index (χ2n) is 4.04. The van der Waals surface area contributed by atoms with E-state index in [0.29, 0.717) is 6.10 Å². The van der Waals surface area contributed by atoms with E-state index in [1.807, 2.05) is 0 Å². The van der Waals surface area contributed by atoms with Crippen LogP contribution in [0.2, 0.25) is 0 Å². The van der Waals surface area contributed by atoms with E-state index in [2.05, 4.69) is 18.7 Å². The third-order valence-corrected chi connectivity index (χ3v) is 2.89. The molecular formula is C10H20O2. The molecule has 0 aromatic heterocycles. The van der Waals surface area contributed by atoms with Crippen LogP contribution in [0.25, 0.3) is 0 Å². The molecule has 0 aromatic carbocycles. The number of hydrogen-bond acceptors (Lipinski definition) is 2. The lowest BCUT2D eigenvalue weighted by molar-refractivity contribution is -0.310. The van der Waals surface area contributed by atoms with Crippen LogP contribution in [0, 0.1) is 11.8 Å². The largest absolute Gasteiger partial charge is 0.240 e. The fourth-order valence-corrected chi connectivity index (χ4v) is 1.99. The molecule has 0 atom stereocenters. The molecule has 1 fully saturated rings. The van der Waals surface area contributed by atoms with Gasteiger partial charge in [-0.3, -0.25) is 0 Å². The first-order chi connectivity index (χ1) is 5.74. The number of rotatable bonds is 3. The maximum Gasteiger partial charge on any atom is 0.0930 e. The van der Waals surface area contributed by atoms with E-state index in [9.17, 15) is 0 Å². The Balaban J connectivity index is 2.20. The average molecular weight is 172 g/mol.